The summed E-state index contributed by atoms with van der Waals surface area (Å²) in [6.45, 7) is 2.13. The van der Waals surface area contributed by atoms with Crippen molar-refractivity contribution in [2.75, 3.05) is 5.32 Å². The fourth-order valence-electron chi connectivity index (χ4n) is 2.11. The first-order valence-electron chi connectivity index (χ1n) is 6.51. The van der Waals surface area contributed by atoms with E-state index in [1.54, 1.807) is 0 Å². The van der Waals surface area contributed by atoms with Gasteiger partial charge in [-0.05, 0) is 37.0 Å². The lowest BCUT2D eigenvalue weighted by atomic mass is 10.0. The molecular weight excluding hydrogens is 242 g/mol. The van der Waals surface area contributed by atoms with Crippen LogP contribution >= 0.6 is 0 Å². The molecule has 1 amide bonds. The molecule has 1 aromatic rings. The number of nitrogens with one attached hydrogen (secondary N) is 1. The minimum absolute atomic E-state index is 0.00685. The van der Waals surface area contributed by atoms with Crippen molar-refractivity contribution in [2.24, 2.45) is 16.3 Å². The highest BCUT2D eigenvalue weighted by atomic mass is 16.4. The van der Waals surface area contributed by atoms with Crippen LogP contribution in [0.4, 0.5) is 5.69 Å². The first-order chi connectivity index (χ1) is 9.12. The summed E-state index contributed by atoms with van der Waals surface area (Å²) in [7, 11) is 0. The second-order valence-electron chi connectivity index (χ2n) is 4.97. The molecule has 0 aliphatic heterocycles. The number of aryl methyl sites for hydroxylation is 1. The Hall–Kier alpha value is -2.04. The van der Waals surface area contributed by atoms with E-state index in [0.717, 1.165) is 18.5 Å². The Balaban J connectivity index is 2.03. The molecule has 19 heavy (non-hydrogen) atoms. The number of hydrogen-bond acceptors (Lipinski definition) is 3. The summed E-state index contributed by atoms with van der Waals surface area (Å²) in [6.07, 6.45) is 3.38. The zero-order valence-corrected chi connectivity index (χ0v) is 11.0. The number of amides is 1. The lowest BCUT2D eigenvalue weighted by molar-refractivity contribution is -0.119. The molecule has 1 aliphatic rings. The number of oxime groups is 1. The third-order valence-electron chi connectivity index (χ3n) is 3.53. The van der Waals surface area contributed by atoms with Crippen molar-refractivity contribution in [1.82, 2.24) is 0 Å². The first-order valence-corrected chi connectivity index (χ1v) is 6.51. The van der Waals surface area contributed by atoms with E-state index in [1.807, 2.05) is 24.3 Å². The molecule has 0 unspecified atom stereocenters. The topological polar surface area (TPSA) is 87.7 Å². The Labute approximate surface area is 112 Å². The van der Waals surface area contributed by atoms with E-state index in [9.17, 15) is 4.79 Å². The molecular formula is C14H19N3O2. The number of benzene rings is 1. The highest BCUT2D eigenvalue weighted by molar-refractivity contribution is 6.14. The van der Waals surface area contributed by atoms with Gasteiger partial charge in [-0.25, -0.2) is 0 Å². The number of nitrogens with zero attached hydrogens (tertiary/aromatic N) is 1. The summed E-state index contributed by atoms with van der Waals surface area (Å²) in [6, 6.07) is 7.76. The summed E-state index contributed by atoms with van der Waals surface area (Å²) >= 11 is 0. The molecule has 2 rings (SSSR count). The summed E-state index contributed by atoms with van der Waals surface area (Å²) in [4.78, 5) is 12.1. The van der Waals surface area contributed by atoms with Crippen molar-refractivity contribution in [3.05, 3.63) is 29.8 Å². The number of carbonyl (C=O) groups is 1. The van der Waals surface area contributed by atoms with Crippen LogP contribution in [-0.4, -0.2) is 17.0 Å². The van der Waals surface area contributed by atoms with Gasteiger partial charge in [-0.2, -0.15) is 0 Å². The molecule has 0 saturated heterocycles. The van der Waals surface area contributed by atoms with Crippen molar-refractivity contribution < 1.29 is 10.0 Å². The highest BCUT2D eigenvalue weighted by Crippen LogP contribution is 2.46. The fourth-order valence-corrected chi connectivity index (χ4v) is 2.11. The number of rotatable bonds is 5. The van der Waals surface area contributed by atoms with E-state index < -0.39 is 5.41 Å². The van der Waals surface area contributed by atoms with Crippen LogP contribution in [0.15, 0.2) is 29.4 Å². The standard InChI is InChI=1S/C14H19N3O2/c1-2-3-10-4-6-11(7-5-10)16-13(18)14(8-9-14)12(15)17-19/h4-7,19H,2-3,8-9H2,1H3,(H2,15,17)(H,16,18). The van der Waals surface area contributed by atoms with E-state index in [-0.39, 0.29) is 11.7 Å². The van der Waals surface area contributed by atoms with Gasteiger partial charge in [0.25, 0.3) is 0 Å². The Kier molecular flexibility index (Phi) is 3.74. The number of carbonyl (C=O) groups excluding carboxylic acids is 1. The van der Waals surface area contributed by atoms with Gasteiger partial charge in [0.05, 0.1) is 0 Å². The van der Waals surface area contributed by atoms with Gasteiger partial charge in [-0.1, -0.05) is 30.6 Å². The average molecular weight is 261 g/mol. The summed E-state index contributed by atoms with van der Waals surface area (Å²) in [5.41, 5.74) is 6.75. The number of anilines is 1. The lowest BCUT2D eigenvalue weighted by Gasteiger charge is -2.13. The van der Waals surface area contributed by atoms with Crippen molar-refractivity contribution in [3.63, 3.8) is 0 Å². The smallest absolute Gasteiger partial charge is 0.238 e. The predicted octanol–water partition coefficient (Wildman–Crippen LogP) is 2.10. The molecule has 5 nitrogen and oxygen atoms in total. The summed E-state index contributed by atoms with van der Waals surface area (Å²) < 4.78 is 0. The molecule has 1 saturated carbocycles. The summed E-state index contributed by atoms with van der Waals surface area (Å²) in [5, 5.41) is 14.5. The van der Waals surface area contributed by atoms with Gasteiger partial charge >= 0.3 is 0 Å². The fraction of sp³-hybridized carbons (Fsp3) is 0.429. The molecule has 4 N–H and O–H groups in total. The van der Waals surface area contributed by atoms with Gasteiger partial charge in [0.1, 0.15) is 5.41 Å². The van der Waals surface area contributed by atoms with Gasteiger partial charge in [0.15, 0.2) is 5.84 Å². The van der Waals surface area contributed by atoms with Crippen molar-refractivity contribution in [3.8, 4) is 0 Å². The molecule has 0 spiro atoms. The average Bonchev–Trinajstić information content (AvgIpc) is 3.22. The number of hydrogen-bond donors (Lipinski definition) is 3. The van der Waals surface area contributed by atoms with Crippen LogP contribution in [0.2, 0.25) is 0 Å². The van der Waals surface area contributed by atoms with Crippen molar-refractivity contribution >= 4 is 17.4 Å². The van der Waals surface area contributed by atoms with Gasteiger partial charge in [-0.3, -0.25) is 4.79 Å². The minimum Gasteiger partial charge on any atom is -0.409 e. The second kappa shape index (κ2) is 5.30. The maximum atomic E-state index is 12.1. The molecule has 0 atom stereocenters. The van der Waals surface area contributed by atoms with Gasteiger partial charge in [0, 0.05) is 5.69 Å². The Morgan fingerprint density at radius 3 is 2.53 bits per heavy atom. The second-order valence-corrected chi connectivity index (χ2v) is 4.97. The lowest BCUT2D eigenvalue weighted by Crippen LogP contribution is -2.36. The molecule has 0 bridgehead atoms. The monoisotopic (exact) mass is 261 g/mol. The quantitative estimate of drug-likeness (QED) is 0.328. The van der Waals surface area contributed by atoms with Crippen molar-refractivity contribution in [2.45, 2.75) is 32.6 Å². The number of nitrogens with two attached hydrogens (primary N) is 1. The first kappa shape index (κ1) is 13.4. The van der Waals surface area contributed by atoms with Crippen LogP contribution in [-0.2, 0) is 11.2 Å². The van der Waals surface area contributed by atoms with Crippen LogP contribution < -0.4 is 11.1 Å². The Morgan fingerprint density at radius 2 is 2.05 bits per heavy atom. The van der Waals surface area contributed by atoms with E-state index in [1.165, 1.54) is 5.56 Å². The third kappa shape index (κ3) is 2.70. The summed E-state index contributed by atoms with van der Waals surface area (Å²) in [5.74, 6) is -0.210. The minimum atomic E-state index is -0.809. The van der Waals surface area contributed by atoms with Crippen LogP contribution in [0, 0.1) is 5.41 Å². The van der Waals surface area contributed by atoms with Crippen LogP contribution in [0.1, 0.15) is 31.7 Å². The molecule has 0 radical (unpaired) electrons. The van der Waals surface area contributed by atoms with Gasteiger partial charge in [0.2, 0.25) is 5.91 Å². The SMILES string of the molecule is CCCc1ccc(NC(=O)C2(/C(N)=N/O)CC2)cc1. The number of amidine groups is 1. The normalized spacial score (nSPS) is 17.0. The zero-order valence-electron chi connectivity index (χ0n) is 11.0. The largest absolute Gasteiger partial charge is 0.409 e. The molecule has 102 valence electrons. The van der Waals surface area contributed by atoms with Crippen molar-refractivity contribution in [1.29, 1.82) is 0 Å². The van der Waals surface area contributed by atoms with Crippen LogP contribution in [0.5, 0.6) is 0 Å². The maximum absolute atomic E-state index is 12.1. The van der Waals surface area contributed by atoms with Gasteiger partial charge in [-0.15, -0.1) is 0 Å². The third-order valence-corrected chi connectivity index (χ3v) is 3.53. The van der Waals surface area contributed by atoms with E-state index in [4.69, 9.17) is 10.9 Å². The zero-order chi connectivity index (χ0) is 13.9. The molecule has 1 aromatic carbocycles. The molecule has 1 fully saturated rings. The predicted molar refractivity (Wildman–Crippen MR) is 74.1 cm³/mol. The van der Waals surface area contributed by atoms with E-state index in [2.05, 4.69) is 17.4 Å². The van der Waals surface area contributed by atoms with Crippen LogP contribution in [0.3, 0.4) is 0 Å². The van der Waals surface area contributed by atoms with E-state index in [0.29, 0.717) is 12.8 Å². The molecule has 1 aliphatic carbocycles. The highest BCUT2D eigenvalue weighted by Gasteiger charge is 2.54. The molecule has 0 aromatic heterocycles. The van der Waals surface area contributed by atoms with E-state index >= 15 is 0 Å². The molecule has 0 heterocycles. The molecule has 5 heteroatoms. The van der Waals surface area contributed by atoms with Crippen LogP contribution in [0.25, 0.3) is 0 Å². The Morgan fingerprint density at radius 1 is 1.42 bits per heavy atom. The maximum Gasteiger partial charge on any atom is 0.238 e. The van der Waals surface area contributed by atoms with Gasteiger partial charge < -0.3 is 16.3 Å². The Bertz CT molecular complexity index is 490.